The fourth-order valence-corrected chi connectivity index (χ4v) is 2.68. The highest BCUT2D eigenvalue weighted by atomic mass is 16.2. The molecule has 1 N–H and O–H groups in total. The lowest BCUT2D eigenvalue weighted by molar-refractivity contribution is -0.147. The molecular formula is C15H29N3O2. The lowest BCUT2D eigenvalue weighted by Crippen LogP contribution is -2.51. The molecule has 0 bridgehead atoms. The average Bonchev–Trinajstić information content (AvgIpc) is 2.44. The molecule has 2 amide bonds. The van der Waals surface area contributed by atoms with E-state index in [1.165, 1.54) is 4.90 Å². The fourth-order valence-electron chi connectivity index (χ4n) is 2.68. The van der Waals surface area contributed by atoms with Gasteiger partial charge >= 0.3 is 0 Å². The quantitative estimate of drug-likeness (QED) is 0.817. The average molecular weight is 283 g/mol. The molecule has 1 unspecified atom stereocenters. The maximum Gasteiger partial charge on any atom is 0.241 e. The third-order valence-electron chi connectivity index (χ3n) is 4.36. The number of likely N-dealkylation sites (N-methyl/N-ethyl adjacent to an activating group) is 2. The molecule has 1 aliphatic heterocycles. The summed E-state index contributed by atoms with van der Waals surface area (Å²) in [5.74, 6) is 0.397. The predicted molar refractivity (Wildman–Crippen MR) is 80.3 cm³/mol. The van der Waals surface area contributed by atoms with Gasteiger partial charge in [0.15, 0.2) is 0 Å². The number of nitrogens with zero attached hydrogens (tertiary/aromatic N) is 2. The number of carbonyl (C=O) groups is 2. The Morgan fingerprint density at radius 3 is 2.40 bits per heavy atom. The van der Waals surface area contributed by atoms with Gasteiger partial charge in [-0.3, -0.25) is 9.59 Å². The van der Waals surface area contributed by atoms with Crippen LogP contribution in [0.1, 0.15) is 33.6 Å². The Labute approximate surface area is 122 Å². The zero-order chi connectivity index (χ0) is 15.3. The molecule has 1 heterocycles. The van der Waals surface area contributed by atoms with Gasteiger partial charge in [-0.1, -0.05) is 13.8 Å². The van der Waals surface area contributed by atoms with Crippen molar-refractivity contribution in [2.24, 2.45) is 11.3 Å². The normalized spacial score (nSPS) is 19.6. The summed E-state index contributed by atoms with van der Waals surface area (Å²) in [4.78, 5) is 27.8. The zero-order valence-corrected chi connectivity index (χ0v) is 13.5. The zero-order valence-electron chi connectivity index (χ0n) is 13.5. The van der Waals surface area contributed by atoms with E-state index in [-0.39, 0.29) is 18.4 Å². The molecule has 0 aromatic heterocycles. The molecule has 0 saturated carbocycles. The van der Waals surface area contributed by atoms with Crippen molar-refractivity contribution < 1.29 is 9.59 Å². The highest BCUT2D eigenvalue weighted by Gasteiger charge is 2.39. The summed E-state index contributed by atoms with van der Waals surface area (Å²) in [6, 6.07) is 0. The van der Waals surface area contributed by atoms with Crippen LogP contribution in [0, 0.1) is 11.3 Å². The molecule has 0 aromatic rings. The second-order valence-electron chi connectivity index (χ2n) is 6.37. The van der Waals surface area contributed by atoms with Crippen molar-refractivity contribution in [2.75, 3.05) is 40.3 Å². The Morgan fingerprint density at radius 1 is 1.30 bits per heavy atom. The SMILES string of the molecule is CCN(CC(=O)N(C)C)C(=O)C(C)(C)C1CCCNC1. The Kier molecular flexibility index (Phi) is 5.99. The van der Waals surface area contributed by atoms with Crippen LogP contribution in [0.25, 0.3) is 0 Å². The summed E-state index contributed by atoms with van der Waals surface area (Å²) in [5.41, 5.74) is -0.421. The highest BCUT2D eigenvalue weighted by molar-refractivity contribution is 5.87. The smallest absolute Gasteiger partial charge is 0.241 e. The van der Waals surface area contributed by atoms with Crippen LogP contribution in [-0.4, -0.2) is 61.9 Å². The van der Waals surface area contributed by atoms with Crippen LogP contribution < -0.4 is 5.32 Å². The summed E-state index contributed by atoms with van der Waals surface area (Å²) in [5, 5.41) is 3.37. The number of hydrogen-bond acceptors (Lipinski definition) is 3. The van der Waals surface area contributed by atoms with Crippen LogP contribution >= 0.6 is 0 Å². The summed E-state index contributed by atoms with van der Waals surface area (Å²) >= 11 is 0. The van der Waals surface area contributed by atoms with Gasteiger partial charge in [-0.05, 0) is 38.8 Å². The second kappa shape index (κ2) is 7.07. The summed E-state index contributed by atoms with van der Waals surface area (Å²) in [6.07, 6.45) is 2.19. The van der Waals surface area contributed by atoms with Crippen molar-refractivity contribution >= 4 is 11.8 Å². The third-order valence-corrected chi connectivity index (χ3v) is 4.36. The van der Waals surface area contributed by atoms with Crippen molar-refractivity contribution in [1.29, 1.82) is 0 Å². The van der Waals surface area contributed by atoms with E-state index in [9.17, 15) is 9.59 Å². The monoisotopic (exact) mass is 283 g/mol. The van der Waals surface area contributed by atoms with Crippen molar-refractivity contribution in [2.45, 2.75) is 33.6 Å². The number of amides is 2. The van der Waals surface area contributed by atoms with E-state index in [0.29, 0.717) is 12.5 Å². The van der Waals surface area contributed by atoms with Crippen LogP contribution in [0.2, 0.25) is 0 Å². The molecule has 1 aliphatic rings. The van der Waals surface area contributed by atoms with Crippen molar-refractivity contribution in [3.63, 3.8) is 0 Å². The van der Waals surface area contributed by atoms with Gasteiger partial charge in [0, 0.05) is 26.1 Å². The van der Waals surface area contributed by atoms with E-state index in [1.807, 2.05) is 20.8 Å². The van der Waals surface area contributed by atoms with Gasteiger partial charge in [-0.15, -0.1) is 0 Å². The standard InChI is InChI=1S/C15H29N3O2/c1-6-18(11-13(19)17(4)5)14(20)15(2,3)12-8-7-9-16-10-12/h12,16H,6-11H2,1-5H3. The molecule has 116 valence electrons. The van der Waals surface area contributed by atoms with Gasteiger partial charge in [-0.2, -0.15) is 0 Å². The maximum absolute atomic E-state index is 12.8. The summed E-state index contributed by atoms with van der Waals surface area (Å²) in [7, 11) is 3.44. The highest BCUT2D eigenvalue weighted by Crippen LogP contribution is 2.33. The molecule has 0 radical (unpaired) electrons. The van der Waals surface area contributed by atoms with Gasteiger partial charge in [0.25, 0.3) is 0 Å². The van der Waals surface area contributed by atoms with E-state index in [0.717, 1.165) is 25.9 Å². The fraction of sp³-hybridized carbons (Fsp3) is 0.867. The Balaban J connectivity index is 2.75. The van der Waals surface area contributed by atoms with Crippen LogP contribution in [0.15, 0.2) is 0 Å². The first kappa shape index (κ1) is 17.0. The first-order valence-corrected chi connectivity index (χ1v) is 7.51. The Morgan fingerprint density at radius 2 is 1.95 bits per heavy atom. The molecular weight excluding hydrogens is 254 g/mol. The lowest BCUT2D eigenvalue weighted by atomic mass is 9.74. The van der Waals surface area contributed by atoms with Crippen LogP contribution in [0.4, 0.5) is 0 Å². The molecule has 1 rings (SSSR count). The molecule has 1 fully saturated rings. The van der Waals surface area contributed by atoms with Gasteiger partial charge < -0.3 is 15.1 Å². The lowest BCUT2D eigenvalue weighted by Gasteiger charge is -2.39. The van der Waals surface area contributed by atoms with E-state index in [4.69, 9.17) is 0 Å². The van der Waals surface area contributed by atoms with E-state index >= 15 is 0 Å². The van der Waals surface area contributed by atoms with E-state index < -0.39 is 5.41 Å². The van der Waals surface area contributed by atoms with Crippen molar-refractivity contribution in [3.8, 4) is 0 Å². The molecule has 1 saturated heterocycles. The number of hydrogen-bond donors (Lipinski definition) is 1. The molecule has 0 aromatic carbocycles. The van der Waals surface area contributed by atoms with Gasteiger partial charge in [0.2, 0.25) is 11.8 Å². The first-order chi connectivity index (χ1) is 9.30. The van der Waals surface area contributed by atoms with Crippen LogP contribution in [-0.2, 0) is 9.59 Å². The largest absolute Gasteiger partial charge is 0.347 e. The minimum atomic E-state index is -0.421. The summed E-state index contributed by atoms with van der Waals surface area (Å²) < 4.78 is 0. The minimum Gasteiger partial charge on any atom is -0.347 e. The topological polar surface area (TPSA) is 52.7 Å². The molecule has 0 spiro atoms. The molecule has 20 heavy (non-hydrogen) atoms. The number of piperidine rings is 1. The Hall–Kier alpha value is -1.10. The molecule has 5 heteroatoms. The first-order valence-electron chi connectivity index (χ1n) is 7.51. The third kappa shape index (κ3) is 3.95. The minimum absolute atomic E-state index is 0.0298. The summed E-state index contributed by atoms with van der Waals surface area (Å²) in [6.45, 7) is 8.62. The molecule has 0 aliphatic carbocycles. The number of rotatable bonds is 5. The second-order valence-corrected chi connectivity index (χ2v) is 6.37. The number of nitrogens with one attached hydrogen (secondary N) is 1. The molecule has 1 atom stereocenters. The Bertz CT molecular complexity index is 347. The predicted octanol–water partition coefficient (Wildman–Crippen LogP) is 0.949. The van der Waals surface area contributed by atoms with Crippen LogP contribution in [0.3, 0.4) is 0 Å². The van der Waals surface area contributed by atoms with E-state index in [1.54, 1.807) is 19.0 Å². The van der Waals surface area contributed by atoms with Gasteiger partial charge in [0.1, 0.15) is 0 Å². The van der Waals surface area contributed by atoms with E-state index in [2.05, 4.69) is 5.32 Å². The number of carbonyl (C=O) groups excluding carboxylic acids is 2. The maximum atomic E-state index is 12.8. The van der Waals surface area contributed by atoms with Gasteiger partial charge in [-0.25, -0.2) is 0 Å². The van der Waals surface area contributed by atoms with Gasteiger partial charge in [0.05, 0.1) is 6.54 Å². The van der Waals surface area contributed by atoms with Crippen molar-refractivity contribution in [3.05, 3.63) is 0 Å². The van der Waals surface area contributed by atoms with Crippen molar-refractivity contribution in [1.82, 2.24) is 15.1 Å². The van der Waals surface area contributed by atoms with Crippen LogP contribution in [0.5, 0.6) is 0 Å². The molecule has 5 nitrogen and oxygen atoms in total.